The van der Waals surface area contributed by atoms with Crippen LogP contribution in [-0.2, 0) is 19.6 Å². The molecule has 2 aromatic rings. The van der Waals surface area contributed by atoms with Crippen molar-refractivity contribution in [3.8, 4) is 0 Å². The number of fused-ring (bicyclic) bond motifs is 1. The van der Waals surface area contributed by atoms with E-state index in [9.17, 15) is 0 Å². The van der Waals surface area contributed by atoms with Gasteiger partial charge in [0.2, 0.25) is 0 Å². The van der Waals surface area contributed by atoms with Crippen LogP contribution >= 0.6 is 0 Å². The Morgan fingerprint density at radius 3 is 3.00 bits per heavy atom. The highest BCUT2D eigenvalue weighted by atomic mass is 15.3. The van der Waals surface area contributed by atoms with Crippen LogP contribution in [0.1, 0.15) is 11.4 Å². The molecule has 2 aromatic heterocycles. The normalized spacial score (nSPS) is 15.4. The van der Waals surface area contributed by atoms with Crippen molar-refractivity contribution in [2.45, 2.75) is 19.6 Å². The van der Waals surface area contributed by atoms with Gasteiger partial charge in [-0.2, -0.15) is 0 Å². The van der Waals surface area contributed by atoms with E-state index in [4.69, 9.17) is 5.84 Å². The van der Waals surface area contributed by atoms with Crippen molar-refractivity contribution in [1.82, 2.24) is 19.4 Å². The molecular formula is C12H16N6. The van der Waals surface area contributed by atoms with E-state index in [-0.39, 0.29) is 0 Å². The second kappa shape index (κ2) is 4.75. The summed E-state index contributed by atoms with van der Waals surface area (Å²) in [6.07, 6.45) is 5.76. The third kappa shape index (κ3) is 2.20. The lowest BCUT2D eigenvalue weighted by atomic mass is 10.2. The lowest BCUT2D eigenvalue weighted by molar-refractivity contribution is 0.208. The van der Waals surface area contributed by atoms with Crippen molar-refractivity contribution in [2.75, 3.05) is 12.0 Å². The highest BCUT2D eigenvalue weighted by molar-refractivity contribution is 5.33. The highest BCUT2D eigenvalue weighted by Gasteiger charge is 2.16. The summed E-state index contributed by atoms with van der Waals surface area (Å²) in [6.45, 7) is 3.83. The van der Waals surface area contributed by atoms with Crippen molar-refractivity contribution < 1.29 is 0 Å². The van der Waals surface area contributed by atoms with Gasteiger partial charge in [0, 0.05) is 38.2 Å². The molecule has 3 N–H and O–H groups in total. The first-order chi connectivity index (χ1) is 8.85. The molecule has 3 heterocycles. The van der Waals surface area contributed by atoms with Crippen LogP contribution in [0.5, 0.6) is 0 Å². The Balaban J connectivity index is 1.67. The van der Waals surface area contributed by atoms with Gasteiger partial charge in [-0.3, -0.25) is 4.90 Å². The SMILES string of the molecule is NNc1ccc(CN2CCn3ccnc3C2)cn1. The number of nitrogens with zero attached hydrogens (tertiary/aromatic N) is 4. The number of hydrogen-bond acceptors (Lipinski definition) is 5. The summed E-state index contributed by atoms with van der Waals surface area (Å²) in [6, 6.07) is 3.93. The maximum Gasteiger partial charge on any atom is 0.139 e. The van der Waals surface area contributed by atoms with Gasteiger partial charge in [0.05, 0.1) is 6.54 Å². The monoisotopic (exact) mass is 244 g/mol. The van der Waals surface area contributed by atoms with Crippen LogP contribution in [0, 0.1) is 0 Å². The number of hydrazine groups is 1. The maximum absolute atomic E-state index is 5.29. The first kappa shape index (κ1) is 11.2. The van der Waals surface area contributed by atoms with Crippen LogP contribution in [0.3, 0.4) is 0 Å². The summed E-state index contributed by atoms with van der Waals surface area (Å²) in [7, 11) is 0. The zero-order valence-electron chi connectivity index (χ0n) is 10.1. The van der Waals surface area contributed by atoms with Crippen LogP contribution in [0.25, 0.3) is 0 Å². The smallest absolute Gasteiger partial charge is 0.139 e. The lowest BCUT2D eigenvalue weighted by Crippen LogP contribution is -2.33. The van der Waals surface area contributed by atoms with E-state index < -0.39 is 0 Å². The summed E-state index contributed by atoms with van der Waals surface area (Å²) in [4.78, 5) is 10.9. The Bertz CT molecular complexity index is 518. The summed E-state index contributed by atoms with van der Waals surface area (Å²) in [5.74, 6) is 7.11. The van der Waals surface area contributed by atoms with E-state index in [0.717, 1.165) is 32.0 Å². The Labute approximate surface area is 105 Å². The number of pyridine rings is 1. The number of rotatable bonds is 3. The fourth-order valence-corrected chi connectivity index (χ4v) is 2.22. The van der Waals surface area contributed by atoms with E-state index in [1.165, 1.54) is 5.56 Å². The second-order valence-corrected chi connectivity index (χ2v) is 4.44. The van der Waals surface area contributed by atoms with Gasteiger partial charge in [0.25, 0.3) is 0 Å². The van der Waals surface area contributed by atoms with E-state index in [0.29, 0.717) is 5.82 Å². The Hall–Kier alpha value is -1.92. The van der Waals surface area contributed by atoms with Crippen molar-refractivity contribution >= 4 is 5.82 Å². The molecule has 0 atom stereocenters. The van der Waals surface area contributed by atoms with Crippen molar-refractivity contribution in [1.29, 1.82) is 0 Å². The van der Waals surface area contributed by atoms with Crippen LogP contribution < -0.4 is 11.3 Å². The number of nitrogen functional groups attached to an aromatic ring is 1. The Morgan fingerprint density at radius 1 is 1.28 bits per heavy atom. The van der Waals surface area contributed by atoms with Crippen LogP contribution in [-0.4, -0.2) is 26.0 Å². The molecule has 0 spiro atoms. The third-order valence-electron chi connectivity index (χ3n) is 3.20. The zero-order chi connectivity index (χ0) is 12.4. The summed E-state index contributed by atoms with van der Waals surface area (Å²) >= 11 is 0. The molecular weight excluding hydrogens is 228 g/mol. The van der Waals surface area contributed by atoms with E-state index in [1.54, 1.807) is 0 Å². The Morgan fingerprint density at radius 2 is 2.22 bits per heavy atom. The minimum absolute atomic E-state index is 0.688. The van der Waals surface area contributed by atoms with Crippen molar-refractivity contribution in [2.24, 2.45) is 5.84 Å². The molecule has 0 amide bonds. The van der Waals surface area contributed by atoms with Gasteiger partial charge in [0.15, 0.2) is 0 Å². The number of nitrogens with one attached hydrogen (secondary N) is 1. The molecule has 0 saturated heterocycles. The van der Waals surface area contributed by atoms with E-state index in [1.807, 2.05) is 30.7 Å². The second-order valence-electron chi connectivity index (χ2n) is 4.44. The quantitative estimate of drug-likeness (QED) is 0.610. The molecule has 0 bridgehead atoms. The predicted octanol–water partition coefficient (Wildman–Crippen LogP) is 0.579. The standard InChI is InChI=1S/C12H16N6/c13-16-11-2-1-10(7-15-11)8-17-5-6-18-4-3-14-12(18)9-17/h1-4,7H,5-6,8-9,13H2,(H,15,16). The molecule has 1 aliphatic heterocycles. The number of anilines is 1. The highest BCUT2D eigenvalue weighted by Crippen LogP contribution is 2.14. The maximum atomic E-state index is 5.29. The molecule has 3 rings (SSSR count). The predicted molar refractivity (Wildman–Crippen MR) is 68.4 cm³/mol. The first-order valence-electron chi connectivity index (χ1n) is 5.99. The fraction of sp³-hybridized carbons (Fsp3) is 0.333. The Kier molecular flexibility index (Phi) is 2.95. The molecule has 0 radical (unpaired) electrons. The van der Waals surface area contributed by atoms with Gasteiger partial charge in [-0.25, -0.2) is 15.8 Å². The number of imidazole rings is 1. The number of aromatic nitrogens is 3. The fourth-order valence-electron chi connectivity index (χ4n) is 2.22. The molecule has 6 heteroatoms. The van der Waals surface area contributed by atoms with Gasteiger partial charge in [-0.15, -0.1) is 0 Å². The van der Waals surface area contributed by atoms with E-state index >= 15 is 0 Å². The van der Waals surface area contributed by atoms with Crippen LogP contribution in [0.15, 0.2) is 30.7 Å². The minimum atomic E-state index is 0.688. The van der Waals surface area contributed by atoms with Gasteiger partial charge in [-0.05, 0) is 11.6 Å². The molecule has 94 valence electrons. The first-order valence-corrected chi connectivity index (χ1v) is 5.99. The average Bonchev–Trinajstić information content (AvgIpc) is 2.87. The van der Waals surface area contributed by atoms with Gasteiger partial charge in [0.1, 0.15) is 11.6 Å². The average molecular weight is 244 g/mol. The molecule has 0 aromatic carbocycles. The molecule has 0 fully saturated rings. The molecule has 0 saturated carbocycles. The van der Waals surface area contributed by atoms with Crippen LogP contribution in [0.4, 0.5) is 5.82 Å². The largest absolute Gasteiger partial charge is 0.333 e. The van der Waals surface area contributed by atoms with Crippen molar-refractivity contribution in [3.05, 3.63) is 42.1 Å². The lowest BCUT2D eigenvalue weighted by Gasteiger charge is -2.27. The van der Waals surface area contributed by atoms with Crippen LogP contribution in [0.2, 0.25) is 0 Å². The zero-order valence-corrected chi connectivity index (χ0v) is 10.1. The number of nitrogens with two attached hydrogens (primary N) is 1. The van der Waals surface area contributed by atoms with Crippen molar-refractivity contribution in [3.63, 3.8) is 0 Å². The summed E-state index contributed by atoms with van der Waals surface area (Å²) in [5.41, 5.74) is 3.72. The summed E-state index contributed by atoms with van der Waals surface area (Å²) in [5, 5.41) is 0. The van der Waals surface area contributed by atoms with Gasteiger partial charge in [-0.1, -0.05) is 6.07 Å². The molecule has 1 aliphatic rings. The third-order valence-corrected chi connectivity index (χ3v) is 3.20. The molecule has 18 heavy (non-hydrogen) atoms. The molecule has 0 aliphatic carbocycles. The molecule has 0 unspecified atom stereocenters. The van der Waals surface area contributed by atoms with Gasteiger partial charge >= 0.3 is 0 Å². The topological polar surface area (TPSA) is 72.0 Å². The molecule has 6 nitrogen and oxygen atoms in total. The number of hydrogen-bond donors (Lipinski definition) is 2. The summed E-state index contributed by atoms with van der Waals surface area (Å²) < 4.78 is 2.20. The minimum Gasteiger partial charge on any atom is -0.333 e. The van der Waals surface area contributed by atoms with Gasteiger partial charge < -0.3 is 9.99 Å². The van der Waals surface area contributed by atoms with E-state index in [2.05, 4.69) is 24.9 Å².